The smallest absolute Gasteiger partial charge is 0.162 e. The fourth-order valence-corrected chi connectivity index (χ4v) is 3.58. The highest BCUT2D eigenvalue weighted by Gasteiger charge is 2.41. The van der Waals surface area contributed by atoms with Crippen LogP contribution < -0.4 is 9.47 Å². The third kappa shape index (κ3) is 2.17. The average Bonchev–Trinajstić information content (AvgIpc) is 2.91. The van der Waals surface area contributed by atoms with Crippen LogP contribution >= 0.6 is 15.9 Å². The van der Waals surface area contributed by atoms with E-state index in [1.54, 1.807) is 7.11 Å². The molecule has 0 saturated heterocycles. The zero-order valence-corrected chi connectivity index (χ0v) is 11.6. The van der Waals surface area contributed by atoms with Gasteiger partial charge in [0.05, 0.1) is 7.11 Å². The number of methoxy groups -OCH3 is 1. The Bertz CT molecular complexity index is 419. The first-order valence-electron chi connectivity index (χ1n) is 6.26. The molecule has 2 saturated carbocycles. The molecule has 0 radical (unpaired) electrons. The molecule has 2 bridgehead atoms. The highest BCUT2D eigenvalue weighted by Crippen LogP contribution is 2.47. The Balaban J connectivity index is 1.78. The number of benzene rings is 1. The second-order valence-electron chi connectivity index (χ2n) is 5.13. The minimum absolute atomic E-state index is 0.400. The highest BCUT2D eigenvalue weighted by molar-refractivity contribution is 9.10. The van der Waals surface area contributed by atoms with Crippen LogP contribution in [0.15, 0.2) is 22.7 Å². The molecule has 0 amide bonds. The number of hydrogen-bond acceptors (Lipinski definition) is 2. The molecule has 0 N–H and O–H groups in total. The molecule has 2 aliphatic rings. The van der Waals surface area contributed by atoms with E-state index in [-0.39, 0.29) is 0 Å². The SMILES string of the molecule is COc1ccc(Br)cc1O[C@@H]1C[C@H]2CC[C@H]1C2. The van der Waals surface area contributed by atoms with Gasteiger partial charge in [0.25, 0.3) is 0 Å². The van der Waals surface area contributed by atoms with E-state index in [4.69, 9.17) is 9.47 Å². The van der Waals surface area contributed by atoms with Crippen molar-refractivity contribution in [1.29, 1.82) is 0 Å². The first kappa shape index (κ1) is 11.4. The van der Waals surface area contributed by atoms with Crippen molar-refractivity contribution in [2.24, 2.45) is 11.8 Å². The highest BCUT2D eigenvalue weighted by atomic mass is 79.9. The predicted octanol–water partition coefficient (Wildman–Crippen LogP) is 4.03. The second kappa shape index (κ2) is 4.52. The molecule has 3 atom stereocenters. The summed E-state index contributed by atoms with van der Waals surface area (Å²) in [6, 6.07) is 5.93. The van der Waals surface area contributed by atoms with Gasteiger partial charge in [-0.25, -0.2) is 0 Å². The number of hydrogen-bond donors (Lipinski definition) is 0. The molecule has 0 heterocycles. The van der Waals surface area contributed by atoms with Gasteiger partial charge in [-0.05, 0) is 55.7 Å². The number of halogens is 1. The topological polar surface area (TPSA) is 18.5 Å². The van der Waals surface area contributed by atoms with Gasteiger partial charge in [-0.3, -0.25) is 0 Å². The molecule has 2 fully saturated rings. The number of fused-ring (bicyclic) bond motifs is 2. The van der Waals surface area contributed by atoms with E-state index in [0.717, 1.165) is 27.8 Å². The van der Waals surface area contributed by atoms with E-state index >= 15 is 0 Å². The Morgan fingerprint density at radius 1 is 1.18 bits per heavy atom. The summed E-state index contributed by atoms with van der Waals surface area (Å²) in [6.07, 6.45) is 5.73. The minimum Gasteiger partial charge on any atom is -0.493 e. The van der Waals surface area contributed by atoms with Gasteiger partial charge in [0.15, 0.2) is 11.5 Å². The molecule has 0 unspecified atom stereocenters. The quantitative estimate of drug-likeness (QED) is 0.838. The van der Waals surface area contributed by atoms with Crippen LogP contribution in [0.3, 0.4) is 0 Å². The van der Waals surface area contributed by atoms with Crippen LogP contribution in [0.2, 0.25) is 0 Å². The van der Waals surface area contributed by atoms with Crippen molar-refractivity contribution < 1.29 is 9.47 Å². The minimum atomic E-state index is 0.400. The monoisotopic (exact) mass is 296 g/mol. The molecule has 1 aromatic carbocycles. The van der Waals surface area contributed by atoms with Gasteiger partial charge < -0.3 is 9.47 Å². The van der Waals surface area contributed by atoms with E-state index in [1.165, 1.54) is 25.7 Å². The first-order chi connectivity index (χ1) is 8.26. The lowest BCUT2D eigenvalue weighted by Crippen LogP contribution is -2.23. The molecule has 2 nitrogen and oxygen atoms in total. The van der Waals surface area contributed by atoms with E-state index in [2.05, 4.69) is 15.9 Å². The molecule has 3 heteroatoms. The maximum atomic E-state index is 6.16. The summed E-state index contributed by atoms with van der Waals surface area (Å²) in [6.45, 7) is 0. The molecular formula is C14H17BrO2. The second-order valence-corrected chi connectivity index (χ2v) is 6.04. The number of rotatable bonds is 3. The predicted molar refractivity (Wildman–Crippen MR) is 70.6 cm³/mol. The Labute approximate surface area is 110 Å². The van der Waals surface area contributed by atoms with Crippen molar-refractivity contribution in [2.75, 3.05) is 7.11 Å². The first-order valence-corrected chi connectivity index (χ1v) is 7.06. The van der Waals surface area contributed by atoms with Crippen LogP contribution in [0.5, 0.6) is 11.5 Å². The van der Waals surface area contributed by atoms with Crippen LogP contribution in [0.1, 0.15) is 25.7 Å². The zero-order valence-electron chi connectivity index (χ0n) is 9.99. The van der Waals surface area contributed by atoms with Crippen LogP contribution in [0.25, 0.3) is 0 Å². The molecule has 2 aliphatic carbocycles. The number of ether oxygens (including phenoxy) is 2. The van der Waals surface area contributed by atoms with Crippen molar-refractivity contribution >= 4 is 15.9 Å². The fraction of sp³-hybridized carbons (Fsp3) is 0.571. The van der Waals surface area contributed by atoms with E-state index in [9.17, 15) is 0 Å². The summed E-state index contributed by atoms with van der Waals surface area (Å²) in [5, 5.41) is 0. The normalized spacial score (nSPS) is 30.6. The summed E-state index contributed by atoms with van der Waals surface area (Å²) in [7, 11) is 1.69. The van der Waals surface area contributed by atoms with Crippen LogP contribution in [0, 0.1) is 11.8 Å². The van der Waals surface area contributed by atoms with E-state index in [1.807, 2.05) is 18.2 Å². The lowest BCUT2D eigenvalue weighted by Gasteiger charge is -2.24. The summed E-state index contributed by atoms with van der Waals surface area (Å²) < 4.78 is 12.5. The Morgan fingerprint density at radius 3 is 2.71 bits per heavy atom. The summed E-state index contributed by atoms with van der Waals surface area (Å²) >= 11 is 3.48. The zero-order chi connectivity index (χ0) is 11.8. The third-order valence-corrected chi connectivity index (χ3v) is 4.57. The lowest BCUT2D eigenvalue weighted by molar-refractivity contribution is 0.133. The van der Waals surface area contributed by atoms with Gasteiger partial charge in [0.2, 0.25) is 0 Å². The van der Waals surface area contributed by atoms with Crippen molar-refractivity contribution in [3.05, 3.63) is 22.7 Å². The molecular weight excluding hydrogens is 280 g/mol. The molecule has 3 rings (SSSR count). The summed E-state index contributed by atoms with van der Waals surface area (Å²) in [5.41, 5.74) is 0. The van der Waals surface area contributed by atoms with Gasteiger partial charge in [-0.1, -0.05) is 15.9 Å². The lowest BCUT2D eigenvalue weighted by atomic mass is 9.98. The molecule has 92 valence electrons. The van der Waals surface area contributed by atoms with Crippen LogP contribution in [0.4, 0.5) is 0 Å². The fourth-order valence-electron chi connectivity index (χ4n) is 3.24. The van der Waals surface area contributed by atoms with Gasteiger partial charge in [0.1, 0.15) is 6.10 Å². The molecule has 17 heavy (non-hydrogen) atoms. The van der Waals surface area contributed by atoms with Gasteiger partial charge in [0, 0.05) is 4.47 Å². The maximum absolute atomic E-state index is 6.16. The van der Waals surface area contributed by atoms with Crippen molar-refractivity contribution in [2.45, 2.75) is 31.8 Å². The van der Waals surface area contributed by atoms with Crippen molar-refractivity contribution in [3.8, 4) is 11.5 Å². The molecule has 1 aromatic rings. The molecule has 0 aliphatic heterocycles. The summed E-state index contributed by atoms with van der Waals surface area (Å²) in [5.74, 6) is 3.38. The average molecular weight is 297 g/mol. The van der Waals surface area contributed by atoms with Crippen molar-refractivity contribution in [3.63, 3.8) is 0 Å². The van der Waals surface area contributed by atoms with Crippen LogP contribution in [-0.2, 0) is 0 Å². The van der Waals surface area contributed by atoms with Gasteiger partial charge >= 0.3 is 0 Å². The Morgan fingerprint density at radius 2 is 2.06 bits per heavy atom. The Kier molecular flexibility index (Phi) is 3.03. The maximum Gasteiger partial charge on any atom is 0.162 e. The molecule has 0 aromatic heterocycles. The van der Waals surface area contributed by atoms with E-state index < -0.39 is 0 Å². The Hall–Kier alpha value is -0.700. The summed E-state index contributed by atoms with van der Waals surface area (Å²) in [4.78, 5) is 0. The van der Waals surface area contributed by atoms with Gasteiger partial charge in [-0.2, -0.15) is 0 Å². The standard InChI is InChI=1S/C14H17BrO2/c1-16-12-5-4-11(15)8-14(12)17-13-7-9-2-3-10(13)6-9/h4-5,8-10,13H,2-3,6-7H2,1H3/t9-,10-,13+/m0/s1. The third-order valence-electron chi connectivity index (χ3n) is 4.08. The largest absolute Gasteiger partial charge is 0.493 e. The van der Waals surface area contributed by atoms with Crippen molar-refractivity contribution in [1.82, 2.24) is 0 Å². The van der Waals surface area contributed by atoms with Crippen LogP contribution in [-0.4, -0.2) is 13.2 Å². The van der Waals surface area contributed by atoms with E-state index in [0.29, 0.717) is 6.10 Å². The van der Waals surface area contributed by atoms with Gasteiger partial charge in [-0.15, -0.1) is 0 Å². The molecule has 0 spiro atoms.